The number of carbonyl (C=O) groups is 5. The first kappa shape index (κ1) is 44.2. The number of anilines is 3. The molecule has 3 saturated heterocycles. The standard InChI is InChI=1S/C46H51ClFN9O8/c1-25(2)56-35-7-5-28(18-26(35)19-37(44(56)63)64-24-39(59)49-3)51-40-34(47)23-50-45(53-40)55-14-10-30(11-15-55)65-31-21-29(22-31)54-16-12-46(48,13-17-54)27-4-6-32-33(20-27)43(62)57(42(32)61)36-8-9-38(58)52-41(36)60/h4-7,18-20,23,25,29-31,36H,8-17,21-22,24H2,1-3H3,(H,49,59)(H,50,51,53)(H,52,58,60)/t29?,31?,36-/m1/s1. The number of fused-ring (bicyclic) bond motifs is 2. The number of hydrogen-bond acceptors (Lipinski definition) is 13. The van der Waals surface area contributed by atoms with Crippen LogP contribution in [0.5, 0.6) is 5.75 Å². The molecule has 65 heavy (non-hydrogen) atoms. The van der Waals surface area contributed by atoms with Crippen molar-refractivity contribution in [2.24, 2.45) is 0 Å². The number of imide groups is 2. The fourth-order valence-electron chi connectivity index (χ4n) is 9.66. The maximum atomic E-state index is 16.5. The number of nitrogens with zero attached hydrogens (tertiary/aromatic N) is 6. The number of alkyl halides is 1. The van der Waals surface area contributed by atoms with Crippen molar-refractivity contribution < 1.29 is 37.8 Å². The fraction of sp³-hybridized carbons (Fsp3) is 0.478. The first-order valence-electron chi connectivity index (χ1n) is 22.2. The van der Waals surface area contributed by atoms with Crippen molar-refractivity contribution in [3.05, 3.63) is 80.7 Å². The Kier molecular flexibility index (Phi) is 12.1. The van der Waals surface area contributed by atoms with Gasteiger partial charge in [-0.05, 0) is 101 Å². The van der Waals surface area contributed by atoms with E-state index >= 15 is 4.39 Å². The van der Waals surface area contributed by atoms with Gasteiger partial charge in [0.05, 0.1) is 35.0 Å². The number of amides is 5. The lowest BCUT2D eigenvalue weighted by molar-refractivity contribution is -0.136. The van der Waals surface area contributed by atoms with E-state index in [1.807, 2.05) is 32.0 Å². The summed E-state index contributed by atoms with van der Waals surface area (Å²) in [7, 11) is 1.50. The summed E-state index contributed by atoms with van der Waals surface area (Å²) in [6.45, 7) is 6.04. The predicted molar refractivity (Wildman–Crippen MR) is 238 cm³/mol. The lowest BCUT2D eigenvalue weighted by atomic mass is 9.81. The van der Waals surface area contributed by atoms with Crippen LogP contribution in [0, 0.1) is 0 Å². The minimum Gasteiger partial charge on any atom is -0.478 e. The second-order valence-electron chi connectivity index (χ2n) is 17.8. The number of halogens is 2. The Labute approximate surface area is 379 Å². The lowest BCUT2D eigenvalue weighted by Gasteiger charge is -2.48. The SMILES string of the molecule is CNC(=O)COc1cc2cc(Nc3nc(N4CCC(OC5CC(N6CCC(F)(c7ccc8c(c7)C(=O)N([C@@H]7CCC(=O)NC7=O)C8=O)CC6)C5)CC4)ncc3Cl)ccc2n(C(C)C)c1=O. The molecule has 5 amide bonds. The van der Waals surface area contributed by atoms with Crippen LogP contribution >= 0.6 is 11.6 Å². The van der Waals surface area contributed by atoms with Crippen molar-refractivity contribution >= 4 is 69.5 Å². The third-order valence-corrected chi connectivity index (χ3v) is 13.7. The molecule has 2 aromatic carbocycles. The molecular weight excluding hydrogens is 861 g/mol. The van der Waals surface area contributed by atoms with Crippen molar-refractivity contribution in [1.82, 2.24) is 35.0 Å². The summed E-state index contributed by atoms with van der Waals surface area (Å²) in [5.41, 5.74) is -0.00275. The van der Waals surface area contributed by atoms with Crippen molar-refractivity contribution in [1.29, 1.82) is 0 Å². The molecule has 4 aliphatic heterocycles. The van der Waals surface area contributed by atoms with Crippen LogP contribution in [0.1, 0.15) is 97.5 Å². The molecule has 0 bridgehead atoms. The third-order valence-electron chi connectivity index (χ3n) is 13.4. The van der Waals surface area contributed by atoms with Gasteiger partial charge in [0, 0.05) is 62.8 Å². The number of likely N-dealkylation sites (tertiary alicyclic amines) is 1. The van der Waals surface area contributed by atoms with Crippen LogP contribution in [-0.2, 0) is 24.8 Å². The molecule has 0 radical (unpaired) electrons. The highest BCUT2D eigenvalue weighted by molar-refractivity contribution is 6.33. The summed E-state index contributed by atoms with van der Waals surface area (Å²) >= 11 is 6.58. The molecule has 6 heterocycles. The zero-order chi connectivity index (χ0) is 45.7. The van der Waals surface area contributed by atoms with Gasteiger partial charge in [-0.2, -0.15) is 4.98 Å². The monoisotopic (exact) mass is 911 g/mol. The van der Waals surface area contributed by atoms with Gasteiger partial charge in [-0.1, -0.05) is 17.7 Å². The fourth-order valence-corrected chi connectivity index (χ4v) is 9.80. The van der Waals surface area contributed by atoms with Gasteiger partial charge in [0.2, 0.25) is 17.8 Å². The molecule has 0 spiro atoms. The molecule has 4 aromatic rings. The predicted octanol–water partition coefficient (Wildman–Crippen LogP) is 4.77. The Morgan fingerprint density at radius 1 is 0.954 bits per heavy atom. The first-order valence-corrected chi connectivity index (χ1v) is 22.6. The van der Waals surface area contributed by atoms with Gasteiger partial charge in [0.25, 0.3) is 23.3 Å². The smallest absolute Gasteiger partial charge is 0.293 e. The van der Waals surface area contributed by atoms with Gasteiger partial charge in [-0.25, -0.2) is 9.37 Å². The topological polar surface area (TPSA) is 197 Å². The van der Waals surface area contributed by atoms with Crippen LogP contribution in [0.25, 0.3) is 10.9 Å². The van der Waals surface area contributed by atoms with Crippen LogP contribution < -0.4 is 31.1 Å². The highest BCUT2D eigenvalue weighted by Crippen LogP contribution is 2.42. The number of nitrogens with one attached hydrogen (secondary N) is 3. The summed E-state index contributed by atoms with van der Waals surface area (Å²) in [5, 5.41) is 9.07. The maximum Gasteiger partial charge on any atom is 0.293 e. The van der Waals surface area contributed by atoms with Crippen LogP contribution in [0.3, 0.4) is 0 Å². The quantitative estimate of drug-likeness (QED) is 0.165. The minimum atomic E-state index is -1.66. The zero-order valence-electron chi connectivity index (χ0n) is 36.4. The number of aromatic nitrogens is 3. The Bertz CT molecular complexity index is 2640. The van der Waals surface area contributed by atoms with E-state index < -0.39 is 35.3 Å². The Hall–Kier alpha value is -5.98. The van der Waals surface area contributed by atoms with Gasteiger partial charge in [0.15, 0.2) is 18.2 Å². The number of rotatable bonds is 12. The minimum absolute atomic E-state index is 0.0280. The average Bonchev–Trinajstić information content (AvgIpc) is 3.52. The van der Waals surface area contributed by atoms with Gasteiger partial charge in [-0.15, -0.1) is 0 Å². The maximum absolute atomic E-state index is 16.5. The van der Waals surface area contributed by atoms with E-state index in [0.717, 1.165) is 36.0 Å². The molecule has 342 valence electrons. The lowest BCUT2D eigenvalue weighted by Crippen LogP contribution is -2.54. The molecule has 3 N–H and O–H groups in total. The van der Waals surface area contributed by atoms with Crippen molar-refractivity contribution in [2.75, 3.05) is 50.1 Å². The van der Waals surface area contributed by atoms with Crippen molar-refractivity contribution in [3.8, 4) is 5.75 Å². The molecule has 5 aliphatic rings. The highest BCUT2D eigenvalue weighted by atomic mass is 35.5. The van der Waals surface area contributed by atoms with Crippen LogP contribution in [0.4, 0.5) is 21.8 Å². The molecule has 4 fully saturated rings. The molecule has 1 saturated carbocycles. The molecule has 9 rings (SSSR count). The number of carbonyl (C=O) groups excluding carboxylic acids is 5. The first-order chi connectivity index (χ1) is 31.2. The average molecular weight is 912 g/mol. The molecule has 0 unspecified atom stereocenters. The Morgan fingerprint density at radius 2 is 1.69 bits per heavy atom. The van der Waals surface area contributed by atoms with Gasteiger partial charge < -0.3 is 29.6 Å². The van der Waals surface area contributed by atoms with Gasteiger partial charge in [0.1, 0.15) is 16.7 Å². The third kappa shape index (κ3) is 8.66. The molecule has 2 aromatic heterocycles. The zero-order valence-corrected chi connectivity index (χ0v) is 37.2. The number of pyridine rings is 1. The summed E-state index contributed by atoms with van der Waals surface area (Å²) in [6, 6.07) is 10.8. The van der Waals surface area contributed by atoms with E-state index in [9.17, 15) is 28.8 Å². The van der Waals surface area contributed by atoms with E-state index in [-0.39, 0.29) is 78.9 Å². The summed E-state index contributed by atoms with van der Waals surface area (Å²) < 4.78 is 30.3. The molecule has 17 nitrogen and oxygen atoms in total. The van der Waals surface area contributed by atoms with E-state index in [1.54, 1.807) is 22.9 Å². The normalized spacial score (nSPS) is 22.5. The number of likely N-dealkylation sites (N-methyl/N-ethyl adjacent to an activating group) is 1. The Morgan fingerprint density at radius 3 is 2.40 bits per heavy atom. The summed E-state index contributed by atoms with van der Waals surface area (Å²) in [6.07, 6.45) is 5.72. The van der Waals surface area contributed by atoms with E-state index in [0.29, 0.717) is 65.8 Å². The number of benzene rings is 2. The van der Waals surface area contributed by atoms with Crippen LogP contribution in [0.15, 0.2) is 53.5 Å². The number of piperidine rings is 3. The molecule has 19 heteroatoms. The highest BCUT2D eigenvalue weighted by Gasteiger charge is 2.47. The summed E-state index contributed by atoms with van der Waals surface area (Å²) in [5.74, 6) is -1.67. The number of ether oxygens (including phenoxy) is 2. The van der Waals surface area contributed by atoms with Gasteiger partial charge in [-0.3, -0.25) is 43.9 Å². The molecule has 1 aliphatic carbocycles. The number of hydrogen-bond donors (Lipinski definition) is 3. The van der Waals surface area contributed by atoms with E-state index in [1.165, 1.54) is 19.2 Å². The molecule has 1 atom stereocenters. The van der Waals surface area contributed by atoms with Crippen LogP contribution in [0.2, 0.25) is 5.02 Å². The summed E-state index contributed by atoms with van der Waals surface area (Å²) in [4.78, 5) is 90.3. The largest absolute Gasteiger partial charge is 0.478 e. The second kappa shape index (κ2) is 17.8. The van der Waals surface area contributed by atoms with Crippen molar-refractivity contribution in [3.63, 3.8) is 0 Å². The van der Waals surface area contributed by atoms with E-state index in [2.05, 4.69) is 30.7 Å². The van der Waals surface area contributed by atoms with Crippen LogP contribution in [-0.4, -0.2) is 118 Å². The van der Waals surface area contributed by atoms with E-state index in [4.69, 9.17) is 26.1 Å². The second-order valence-corrected chi connectivity index (χ2v) is 18.2. The van der Waals surface area contributed by atoms with Gasteiger partial charge >= 0.3 is 0 Å². The van der Waals surface area contributed by atoms with Crippen molar-refractivity contribution in [2.45, 2.75) is 101 Å². The Balaban J connectivity index is 0.754. The molecular formula is C46H51ClFN9O8.